The maximum absolute atomic E-state index is 13.8. The van der Waals surface area contributed by atoms with E-state index in [9.17, 15) is 14.3 Å². The van der Waals surface area contributed by atoms with Gasteiger partial charge in [0.1, 0.15) is 11.5 Å². The van der Waals surface area contributed by atoms with Crippen LogP contribution in [0.25, 0.3) is 0 Å². The van der Waals surface area contributed by atoms with Gasteiger partial charge in [-0.1, -0.05) is 0 Å². The van der Waals surface area contributed by atoms with Gasteiger partial charge in [0.05, 0.1) is 12.1 Å². The number of aromatic amines is 1. The number of benzene rings is 1. The Morgan fingerprint density at radius 1 is 1.42 bits per heavy atom. The normalized spacial score (nSPS) is 16.9. The van der Waals surface area contributed by atoms with Crippen LogP contribution >= 0.6 is 0 Å². The van der Waals surface area contributed by atoms with Crippen LogP contribution in [0.3, 0.4) is 0 Å². The molecular weight excluding hydrogens is 311 g/mol. The van der Waals surface area contributed by atoms with Crippen LogP contribution in [-0.4, -0.2) is 40.4 Å². The topological polar surface area (TPSA) is 81.2 Å². The van der Waals surface area contributed by atoms with E-state index in [1.165, 1.54) is 18.3 Å². The van der Waals surface area contributed by atoms with Crippen molar-refractivity contribution in [2.75, 3.05) is 18.0 Å². The van der Waals surface area contributed by atoms with Crippen LogP contribution in [0.15, 0.2) is 30.5 Å². The van der Waals surface area contributed by atoms with Gasteiger partial charge in [-0.05, 0) is 44.0 Å². The first-order valence-electron chi connectivity index (χ1n) is 8.07. The molecule has 1 aromatic heterocycles. The molecule has 1 aliphatic rings. The summed E-state index contributed by atoms with van der Waals surface area (Å²) in [4.78, 5) is 14.3. The summed E-state index contributed by atoms with van der Waals surface area (Å²) in [5.74, 6) is -0.627. The summed E-state index contributed by atoms with van der Waals surface area (Å²) >= 11 is 0. The van der Waals surface area contributed by atoms with Crippen molar-refractivity contribution in [2.45, 2.75) is 31.9 Å². The Hall–Kier alpha value is -2.41. The minimum Gasteiger partial charge on any atom is -0.393 e. The lowest BCUT2D eigenvalue weighted by atomic mass is 10.0. The average molecular weight is 332 g/mol. The van der Waals surface area contributed by atoms with E-state index in [2.05, 4.69) is 20.4 Å². The van der Waals surface area contributed by atoms with Gasteiger partial charge in [-0.15, -0.1) is 0 Å². The Morgan fingerprint density at radius 2 is 2.17 bits per heavy atom. The van der Waals surface area contributed by atoms with E-state index in [0.717, 1.165) is 11.3 Å². The highest BCUT2D eigenvalue weighted by Gasteiger charge is 2.22. The van der Waals surface area contributed by atoms with E-state index >= 15 is 0 Å². The summed E-state index contributed by atoms with van der Waals surface area (Å²) in [5.41, 5.74) is 1.97. The van der Waals surface area contributed by atoms with E-state index in [4.69, 9.17) is 0 Å². The molecule has 0 aliphatic carbocycles. The van der Waals surface area contributed by atoms with E-state index in [1.807, 2.05) is 6.92 Å². The Balaban J connectivity index is 1.80. The molecule has 3 N–H and O–H groups in total. The number of hydrogen-bond acceptors (Lipinski definition) is 4. The fourth-order valence-corrected chi connectivity index (χ4v) is 3.00. The van der Waals surface area contributed by atoms with Crippen molar-refractivity contribution in [1.82, 2.24) is 15.5 Å². The highest BCUT2D eigenvalue weighted by Crippen LogP contribution is 2.29. The van der Waals surface area contributed by atoms with Crippen molar-refractivity contribution in [2.24, 2.45) is 0 Å². The zero-order valence-electron chi connectivity index (χ0n) is 13.5. The Kier molecular flexibility index (Phi) is 4.80. The van der Waals surface area contributed by atoms with Gasteiger partial charge in [0, 0.05) is 30.5 Å². The molecule has 0 bridgehead atoms. The number of aromatic nitrogens is 2. The van der Waals surface area contributed by atoms with Gasteiger partial charge >= 0.3 is 0 Å². The summed E-state index contributed by atoms with van der Waals surface area (Å²) in [7, 11) is 0. The number of amides is 1. The predicted molar refractivity (Wildman–Crippen MR) is 88.3 cm³/mol. The third-order valence-electron chi connectivity index (χ3n) is 4.35. The lowest BCUT2D eigenvalue weighted by Gasteiger charge is -2.34. The zero-order chi connectivity index (χ0) is 17.1. The lowest BCUT2D eigenvalue weighted by Crippen LogP contribution is -2.37. The van der Waals surface area contributed by atoms with Crippen LogP contribution in [-0.2, 0) is 0 Å². The average Bonchev–Trinajstić information content (AvgIpc) is 3.10. The number of rotatable bonds is 4. The first-order chi connectivity index (χ1) is 11.5. The summed E-state index contributed by atoms with van der Waals surface area (Å²) in [6, 6.07) is 5.84. The molecule has 1 fully saturated rings. The molecule has 1 amide bonds. The summed E-state index contributed by atoms with van der Waals surface area (Å²) in [6.07, 6.45) is 2.60. The molecule has 2 aromatic rings. The van der Waals surface area contributed by atoms with Crippen molar-refractivity contribution < 1.29 is 14.3 Å². The summed E-state index contributed by atoms with van der Waals surface area (Å²) in [5, 5.41) is 18.9. The van der Waals surface area contributed by atoms with Gasteiger partial charge in [-0.3, -0.25) is 9.89 Å². The Bertz CT molecular complexity index is 697. The molecule has 2 heterocycles. The van der Waals surface area contributed by atoms with Crippen molar-refractivity contribution in [3.05, 3.63) is 47.5 Å². The maximum atomic E-state index is 13.8. The number of carbonyl (C=O) groups is 1. The fraction of sp³-hybridized carbons (Fsp3) is 0.412. The van der Waals surface area contributed by atoms with Crippen LogP contribution in [0.2, 0.25) is 0 Å². The number of piperidine rings is 1. The van der Waals surface area contributed by atoms with Crippen LogP contribution in [0, 0.1) is 5.82 Å². The van der Waals surface area contributed by atoms with Gasteiger partial charge < -0.3 is 15.3 Å². The molecule has 128 valence electrons. The second-order valence-corrected chi connectivity index (χ2v) is 6.09. The van der Waals surface area contributed by atoms with E-state index in [1.54, 1.807) is 12.1 Å². The van der Waals surface area contributed by atoms with E-state index in [0.29, 0.717) is 31.6 Å². The standard InChI is InChI=1S/C17H21FN4O2/c1-11(20-17(24)15-4-7-19-21-15)14-10-12(18)2-3-16(14)22-8-5-13(23)6-9-22/h2-4,7,10-11,13,23H,5-6,8-9H2,1H3,(H,19,21)(H,20,24). The zero-order valence-corrected chi connectivity index (χ0v) is 13.5. The minimum atomic E-state index is -0.363. The first kappa shape index (κ1) is 16.4. The molecule has 1 aliphatic heterocycles. The number of aliphatic hydroxyl groups is 1. The molecule has 1 aromatic carbocycles. The third kappa shape index (κ3) is 3.56. The van der Waals surface area contributed by atoms with Crippen LogP contribution in [0.1, 0.15) is 41.9 Å². The number of hydrogen-bond donors (Lipinski definition) is 3. The van der Waals surface area contributed by atoms with Crippen LogP contribution in [0.5, 0.6) is 0 Å². The molecular formula is C17H21FN4O2. The summed E-state index contributed by atoms with van der Waals surface area (Å²) < 4.78 is 13.8. The number of carbonyl (C=O) groups excluding carboxylic acids is 1. The molecule has 1 atom stereocenters. The third-order valence-corrected chi connectivity index (χ3v) is 4.35. The second-order valence-electron chi connectivity index (χ2n) is 6.09. The maximum Gasteiger partial charge on any atom is 0.269 e. The lowest BCUT2D eigenvalue weighted by molar-refractivity contribution is 0.0935. The SMILES string of the molecule is CC(NC(=O)c1ccn[nH]1)c1cc(F)ccc1N1CCC(O)CC1. The number of aliphatic hydroxyl groups excluding tert-OH is 1. The monoisotopic (exact) mass is 332 g/mol. The van der Waals surface area contributed by atoms with Crippen LogP contribution in [0.4, 0.5) is 10.1 Å². The fourth-order valence-electron chi connectivity index (χ4n) is 3.00. The molecule has 0 spiro atoms. The smallest absolute Gasteiger partial charge is 0.269 e. The van der Waals surface area contributed by atoms with Crippen molar-refractivity contribution in [3.63, 3.8) is 0 Å². The molecule has 7 heteroatoms. The predicted octanol–water partition coefficient (Wildman–Crippen LogP) is 2.00. The minimum absolute atomic E-state index is 0.275. The van der Waals surface area contributed by atoms with Gasteiger partial charge in [-0.2, -0.15) is 5.10 Å². The van der Waals surface area contributed by atoms with E-state index in [-0.39, 0.29) is 23.9 Å². The van der Waals surface area contributed by atoms with E-state index < -0.39 is 0 Å². The molecule has 0 radical (unpaired) electrons. The first-order valence-corrected chi connectivity index (χ1v) is 8.07. The molecule has 24 heavy (non-hydrogen) atoms. The Morgan fingerprint density at radius 3 is 2.83 bits per heavy atom. The van der Waals surface area contributed by atoms with Gasteiger partial charge in [-0.25, -0.2) is 4.39 Å². The number of anilines is 1. The molecule has 1 saturated heterocycles. The van der Waals surface area contributed by atoms with Crippen molar-refractivity contribution >= 4 is 11.6 Å². The number of H-pyrrole nitrogens is 1. The molecule has 0 saturated carbocycles. The highest BCUT2D eigenvalue weighted by atomic mass is 19.1. The largest absolute Gasteiger partial charge is 0.393 e. The Labute approximate surface area is 139 Å². The quantitative estimate of drug-likeness (QED) is 0.800. The van der Waals surface area contributed by atoms with Crippen LogP contribution < -0.4 is 10.2 Å². The number of nitrogens with one attached hydrogen (secondary N) is 2. The molecule has 3 rings (SSSR count). The highest BCUT2D eigenvalue weighted by molar-refractivity contribution is 5.92. The second kappa shape index (κ2) is 7.00. The van der Waals surface area contributed by atoms with Gasteiger partial charge in [0.25, 0.3) is 5.91 Å². The van der Waals surface area contributed by atoms with Gasteiger partial charge in [0.15, 0.2) is 0 Å². The number of halogens is 1. The van der Waals surface area contributed by atoms with Crippen molar-refractivity contribution in [3.8, 4) is 0 Å². The summed E-state index contributed by atoms with van der Waals surface area (Å²) in [6.45, 7) is 3.24. The molecule has 1 unspecified atom stereocenters. The van der Waals surface area contributed by atoms with Crippen molar-refractivity contribution in [1.29, 1.82) is 0 Å². The number of nitrogens with zero attached hydrogens (tertiary/aromatic N) is 2. The molecule has 6 nitrogen and oxygen atoms in total. The van der Waals surface area contributed by atoms with Gasteiger partial charge in [0.2, 0.25) is 0 Å².